The van der Waals surface area contributed by atoms with Crippen molar-refractivity contribution in [1.82, 2.24) is 9.55 Å². The fraction of sp³-hybridized carbons (Fsp3) is 0.382. The van der Waals surface area contributed by atoms with E-state index in [1.807, 2.05) is 30.7 Å². The number of hydrogen-bond donors (Lipinski definition) is 3. The number of ether oxygens (including phenoxy) is 3. The van der Waals surface area contributed by atoms with Gasteiger partial charge < -0.3 is 34.1 Å². The molecule has 1 fully saturated rings. The highest BCUT2D eigenvalue weighted by atomic mass is 16.5. The minimum Gasteiger partial charge on any atom is -0.508 e. The molecule has 8 nitrogen and oxygen atoms in total. The normalized spacial score (nSPS) is 22.0. The van der Waals surface area contributed by atoms with Gasteiger partial charge in [-0.15, -0.1) is 0 Å². The summed E-state index contributed by atoms with van der Waals surface area (Å²) < 4.78 is 20.2. The zero-order valence-corrected chi connectivity index (χ0v) is 23.9. The van der Waals surface area contributed by atoms with Crippen LogP contribution in [-0.2, 0) is 18.4 Å². The van der Waals surface area contributed by atoms with E-state index in [1.54, 1.807) is 31.4 Å². The Morgan fingerprint density at radius 3 is 2.55 bits per heavy atom. The van der Waals surface area contributed by atoms with Crippen LogP contribution in [0.5, 0.6) is 28.7 Å². The number of benzene rings is 3. The Bertz CT molecular complexity index is 1630. The van der Waals surface area contributed by atoms with Crippen LogP contribution in [0.25, 0.3) is 11.1 Å². The zero-order chi connectivity index (χ0) is 29.0. The molecule has 8 heteroatoms. The predicted octanol–water partition coefficient (Wildman–Crippen LogP) is 6.01. The molecule has 1 aliphatic heterocycles. The minimum atomic E-state index is -0.805. The molecule has 2 heterocycles. The molecule has 0 bridgehead atoms. The number of aliphatic hydroxyl groups is 1. The van der Waals surface area contributed by atoms with Crippen LogP contribution in [-0.4, -0.2) is 45.2 Å². The fourth-order valence-electron chi connectivity index (χ4n) is 7.73. The van der Waals surface area contributed by atoms with E-state index in [4.69, 9.17) is 14.2 Å². The Morgan fingerprint density at radius 2 is 1.81 bits per heavy atom. The second kappa shape index (κ2) is 10.3. The number of nitrogens with zero attached hydrogens (tertiary/aromatic N) is 2. The molecule has 7 rings (SSSR count). The number of rotatable bonds is 6. The fourth-order valence-corrected chi connectivity index (χ4v) is 7.73. The van der Waals surface area contributed by atoms with E-state index in [2.05, 4.69) is 15.7 Å². The molecule has 1 saturated carbocycles. The van der Waals surface area contributed by atoms with Crippen molar-refractivity contribution in [2.24, 2.45) is 0 Å². The molecule has 3 aliphatic rings. The lowest BCUT2D eigenvalue weighted by Gasteiger charge is -2.41. The van der Waals surface area contributed by atoms with Gasteiger partial charge in [0.05, 0.1) is 26.7 Å². The molecule has 2 aliphatic carbocycles. The summed E-state index contributed by atoms with van der Waals surface area (Å²) in [6, 6.07) is 12.5. The Labute approximate surface area is 245 Å². The molecule has 0 spiro atoms. The zero-order valence-electron chi connectivity index (χ0n) is 23.9. The number of methoxy groups -OCH3 is 2. The van der Waals surface area contributed by atoms with Crippen molar-refractivity contribution in [2.45, 2.75) is 68.6 Å². The number of aromatic nitrogens is 2. The van der Waals surface area contributed by atoms with Gasteiger partial charge in [0.25, 0.3) is 0 Å². The molecule has 1 aromatic heterocycles. The van der Waals surface area contributed by atoms with Crippen LogP contribution in [0.1, 0.15) is 66.4 Å². The molecular formula is C34H36N2O6. The van der Waals surface area contributed by atoms with Crippen molar-refractivity contribution < 1.29 is 29.5 Å². The number of fused-ring (bicyclic) bond motifs is 5. The summed E-state index contributed by atoms with van der Waals surface area (Å²) in [6.45, 7) is 0. The molecule has 42 heavy (non-hydrogen) atoms. The Hall–Kier alpha value is -4.17. The molecule has 0 radical (unpaired) electrons. The molecular weight excluding hydrogens is 532 g/mol. The second-order valence-electron chi connectivity index (χ2n) is 11.9. The summed E-state index contributed by atoms with van der Waals surface area (Å²) >= 11 is 0. The Balaban J connectivity index is 1.38. The topological polar surface area (TPSA) is 106 Å². The van der Waals surface area contributed by atoms with Crippen LogP contribution in [0.15, 0.2) is 61.2 Å². The third-order valence-corrected chi connectivity index (χ3v) is 9.61. The average molecular weight is 569 g/mol. The lowest BCUT2D eigenvalue weighted by molar-refractivity contribution is 0.0200. The van der Waals surface area contributed by atoms with Gasteiger partial charge in [-0.1, -0.05) is 25.0 Å². The number of imidazole rings is 1. The van der Waals surface area contributed by atoms with Crippen molar-refractivity contribution in [1.29, 1.82) is 0 Å². The molecule has 0 amide bonds. The van der Waals surface area contributed by atoms with Crippen molar-refractivity contribution in [3.8, 4) is 39.9 Å². The van der Waals surface area contributed by atoms with Gasteiger partial charge in [-0.25, -0.2) is 4.98 Å². The standard InChI is InChI=1S/C34H36N2O6/c1-40-29-15-20(5-8-26(29)38)33-27(39)16-25-28(42-33)17-30(41-2)32-24-7-6-23(37)14-21(24)13-22(31(25)32)18-34(9-3-4-10-34)36-12-11-35-19-36/h5-8,11-12,14-15,17,19,22,27,33,37-39H,3-4,9-10,13,16,18H2,1-2H3/t22-,27+,33+/m0/s1. The van der Waals surface area contributed by atoms with Gasteiger partial charge in [0.15, 0.2) is 11.5 Å². The maximum Gasteiger partial charge on any atom is 0.160 e. The predicted molar refractivity (Wildman–Crippen MR) is 158 cm³/mol. The largest absolute Gasteiger partial charge is 0.508 e. The van der Waals surface area contributed by atoms with Gasteiger partial charge in [0.1, 0.15) is 23.4 Å². The number of phenols is 2. The van der Waals surface area contributed by atoms with Crippen molar-refractivity contribution in [2.75, 3.05) is 14.2 Å². The van der Waals surface area contributed by atoms with E-state index in [-0.39, 0.29) is 23.0 Å². The smallest absolute Gasteiger partial charge is 0.160 e. The van der Waals surface area contributed by atoms with Crippen LogP contribution >= 0.6 is 0 Å². The summed E-state index contributed by atoms with van der Waals surface area (Å²) in [7, 11) is 3.18. The number of phenolic OH excluding ortho intramolecular Hbond substituents is 2. The van der Waals surface area contributed by atoms with E-state index < -0.39 is 12.2 Å². The van der Waals surface area contributed by atoms with Crippen LogP contribution in [0, 0.1) is 0 Å². The van der Waals surface area contributed by atoms with Crippen LogP contribution in [0.2, 0.25) is 0 Å². The van der Waals surface area contributed by atoms with Gasteiger partial charge in [-0.3, -0.25) is 0 Å². The van der Waals surface area contributed by atoms with Gasteiger partial charge in [-0.2, -0.15) is 0 Å². The van der Waals surface area contributed by atoms with Crippen LogP contribution in [0.3, 0.4) is 0 Å². The number of aliphatic hydroxyl groups excluding tert-OH is 1. The third kappa shape index (κ3) is 4.28. The summed E-state index contributed by atoms with van der Waals surface area (Å²) in [5, 5.41) is 32.1. The first-order valence-corrected chi connectivity index (χ1v) is 14.7. The van der Waals surface area contributed by atoms with Crippen molar-refractivity contribution in [3.63, 3.8) is 0 Å². The highest BCUT2D eigenvalue weighted by Gasteiger charge is 2.43. The first kappa shape index (κ1) is 26.7. The Morgan fingerprint density at radius 1 is 1.00 bits per heavy atom. The summed E-state index contributed by atoms with van der Waals surface area (Å²) in [5.74, 6) is 2.14. The van der Waals surface area contributed by atoms with E-state index in [0.717, 1.165) is 59.1 Å². The average Bonchev–Trinajstić information content (AvgIpc) is 3.70. The number of aromatic hydroxyl groups is 2. The van der Waals surface area contributed by atoms with E-state index in [9.17, 15) is 15.3 Å². The molecule has 218 valence electrons. The maximum atomic E-state index is 11.5. The second-order valence-corrected chi connectivity index (χ2v) is 11.9. The number of hydrogen-bond acceptors (Lipinski definition) is 7. The van der Waals surface area contributed by atoms with Gasteiger partial charge >= 0.3 is 0 Å². The lowest BCUT2D eigenvalue weighted by Crippen LogP contribution is -2.35. The Kier molecular flexibility index (Phi) is 6.54. The summed E-state index contributed by atoms with van der Waals surface area (Å²) in [6.07, 6.45) is 11.0. The molecule has 3 N–H and O–H groups in total. The molecule has 3 atom stereocenters. The van der Waals surface area contributed by atoms with Gasteiger partial charge in [0, 0.05) is 41.5 Å². The maximum absolute atomic E-state index is 11.5. The van der Waals surface area contributed by atoms with E-state index in [0.29, 0.717) is 23.7 Å². The van der Waals surface area contributed by atoms with Crippen LogP contribution < -0.4 is 14.2 Å². The van der Waals surface area contributed by atoms with Crippen LogP contribution in [0.4, 0.5) is 0 Å². The molecule has 0 saturated heterocycles. The minimum absolute atomic E-state index is 0.0361. The quantitative estimate of drug-likeness (QED) is 0.261. The third-order valence-electron chi connectivity index (χ3n) is 9.61. The SMILES string of the molecule is COc1cc([C@H]2Oc3cc(OC)c4c(c3C[C@H]2O)[C@H](CC2(n3ccnc3)CCCC2)Cc2cc(O)ccc2-4)ccc1O. The molecule has 4 aromatic rings. The molecule has 3 aromatic carbocycles. The summed E-state index contributed by atoms with van der Waals surface area (Å²) in [5.41, 5.74) is 5.99. The first-order chi connectivity index (χ1) is 20.4. The van der Waals surface area contributed by atoms with Gasteiger partial charge in [-0.05, 0) is 78.1 Å². The molecule has 0 unspecified atom stereocenters. The van der Waals surface area contributed by atoms with E-state index >= 15 is 0 Å². The first-order valence-electron chi connectivity index (χ1n) is 14.7. The lowest BCUT2D eigenvalue weighted by atomic mass is 9.70. The van der Waals surface area contributed by atoms with Gasteiger partial charge in [0.2, 0.25) is 0 Å². The highest BCUT2D eigenvalue weighted by Crippen LogP contribution is 2.55. The van der Waals surface area contributed by atoms with E-state index in [1.165, 1.54) is 20.0 Å². The highest BCUT2D eigenvalue weighted by molar-refractivity contribution is 5.83. The monoisotopic (exact) mass is 568 g/mol. The summed E-state index contributed by atoms with van der Waals surface area (Å²) in [4.78, 5) is 4.39. The van der Waals surface area contributed by atoms with Crippen molar-refractivity contribution >= 4 is 0 Å². The van der Waals surface area contributed by atoms with Crippen molar-refractivity contribution in [3.05, 3.63) is 83.4 Å².